The van der Waals surface area contributed by atoms with Crippen molar-refractivity contribution in [3.05, 3.63) is 70.8 Å². The van der Waals surface area contributed by atoms with Gasteiger partial charge < -0.3 is 9.47 Å². The van der Waals surface area contributed by atoms with E-state index in [0.717, 1.165) is 25.5 Å². The van der Waals surface area contributed by atoms with Crippen molar-refractivity contribution in [2.45, 2.75) is 37.6 Å². The average Bonchev–Trinajstić information content (AvgIpc) is 3.48. The molecule has 2 fully saturated rings. The summed E-state index contributed by atoms with van der Waals surface area (Å²) in [6.45, 7) is 0. The van der Waals surface area contributed by atoms with Gasteiger partial charge >= 0.3 is 5.97 Å². The summed E-state index contributed by atoms with van der Waals surface area (Å²) >= 11 is 0. The summed E-state index contributed by atoms with van der Waals surface area (Å²) in [5.41, 5.74) is 1.90. The van der Waals surface area contributed by atoms with Crippen molar-refractivity contribution in [1.29, 1.82) is 0 Å². The molecule has 2 aliphatic rings. The van der Waals surface area contributed by atoms with Crippen molar-refractivity contribution in [1.82, 2.24) is 0 Å². The lowest BCUT2D eigenvalue weighted by Crippen LogP contribution is -2.28. The van der Waals surface area contributed by atoms with Crippen LogP contribution in [0.4, 0.5) is 0 Å². The fraction of sp³-hybridized carbons (Fsp3) is 0.286. The Balaban J connectivity index is 1.43. The molecular weight excluding hydrogens is 332 g/mol. The monoisotopic (exact) mass is 350 g/mol. The first-order chi connectivity index (χ1) is 12.7. The highest BCUT2D eigenvalue weighted by molar-refractivity contribution is 6.09. The third kappa shape index (κ3) is 3.30. The third-order valence-corrected chi connectivity index (χ3v) is 4.92. The molecular formula is C21H18O5. The van der Waals surface area contributed by atoms with Gasteiger partial charge in [-0.2, -0.15) is 0 Å². The number of aldehydes is 1. The number of carbonyl (C=O) groups is 3. The van der Waals surface area contributed by atoms with Crippen LogP contribution in [0.25, 0.3) is 0 Å². The van der Waals surface area contributed by atoms with Gasteiger partial charge in [-0.3, -0.25) is 9.59 Å². The maximum Gasteiger partial charge on any atom is 0.338 e. The summed E-state index contributed by atoms with van der Waals surface area (Å²) in [6.07, 6.45) is 3.77. The zero-order valence-electron chi connectivity index (χ0n) is 14.1. The van der Waals surface area contributed by atoms with Crippen molar-refractivity contribution in [2.24, 2.45) is 0 Å². The Morgan fingerprint density at radius 3 is 2.19 bits per heavy atom. The molecule has 3 atom stereocenters. The van der Waals surface area contributed by atoms with Crippen LogP contribution in [0.3, 0.4) is 0 Å². The lowest BCUT2D eigenvalue weighted by atomic mass is 9.97. The minimum atomic E-state index is -0.388. The van der Waals surface area contributed by atoms with Crippen LogP contribution in [0, 0.1) is 0 Å². The van der Waals surface area contributed by atoms with E-state index in [2.05, 4.69) is 0 Å². The fourth-order valence-corrected chi connectivity index (χ4v) is 3.37. The minimum absolute atomic E-state index is 0.0582. The molecule has 2 aromatic carbocycles. The number of ether oxygens (including phenoxy) is 2. The summed E-state index contributed by atoms with van der Waals surface area (Å²) < 4.78 is 11.1. The molecule has 0 spiro atoms. The van der Waals surface area contributed by atoms with Crippen LogP contribution < -0.4 is 0 Å². The molecule has 0 radical (unpaired) electrons. The molecule has 1 aliphatic heterocycles. The predicted molar refractivity (Wildman–Crippen MR) is 93.4 cm³/mol. The van der Waals surface area contributed by atoms with Crippen LogP contribution in [0.2, 0.25) is 0 Å². The number of epoxide rings is 1. The van der Waals surface area contributed by atoms with E-state index in [1.807, 2.05) is 0 Å². The largest absolute Gasteiger partial charge is 0.456 e. The van der Waals surface area contributed by atoms with Gasteiger partial charge in [0.2, 0.25) is 0 Å². The smallest absolute Gasteiger partial charge is 0.338 e. The molecule has 2 aromatic rings. The van der Waals surface area contributed by atoms with E-state index in [0.29, 0.717) is 22.3 Å². The summed E-state index contributed by atoms with van der Waals surface area (Å²) in [5, 5.41) is 0. The third-order valence-electron chi connectivity index (χ3n) is 4.92. The standard InChI is InChI=1S/C21H18O5/c22-12-13-4-6-14(7-5-13)19(23)15-8-10-16(11-9-15)21(24)26-18-3-1-2-17-20(18)25-17/h4-12,17-18,20H,1-3H2. The van der Waals surface area contributed by atoms with Crippen molar-refractivity contribution in [3.63, 3.8) is 0 Å². The lowest BCUT2D eigenvalue weighted by molar-refractivity contribution is 0.0195. The first-order valence-electron chi connectivity index (χ1n) is 8.72. The zero-order chi connectivity index (χ0) is 18.1. The highest BCUT2D eigenvalue weighted by Crippen LogP contribution is 2.38. The molecule has 0 aromatic heterocycles. The molecule has 0 amide bonds. The Labute approximate surface area is 150 Å². The number of hydrogen-bond acceptors (Lipinski definition) is 5. The molecule has 3 unspecified atom stereocenters. The van der Waals surface area contributed by atoms with E-state index in [1.165, 1.54) is 0 Å². The summed E-state index contributed by atoms with van der Waals surface area (Å²) in [4.78, 5) is 35.5. The number of esters is 1. The van der Waals surface area contributed by atoms with E-state index in [1.54, 1.807) is 48.5 Å². The number of carbonyl (C=O) groups excluding carboxylic acids is 3. The van der Waals surface area contributed by atoms with Crippen molar-refractivity contribution >= 4 is 18.0 Å². The van der Waals surface area contributed by atoms with Crippen LogP contribution >= 0.6 is 0 Å². The number of hydrogen-bond donors (Lipinski definition) is 0. The van der Waals surface area contributed by atoms with Crippen LogP contribution in [0.1, 0.15) is 55.9 Å². The molecule has 4 rings (SSSR count). The van der Waals surface area contributed by atoms with Gasteiger partial charge in [-0.15, -0.1) is 0 Å². The predicted octanol–water partition coefficient (Wildman–Crippen LogP) is 3.21. The quantitative estimate of drug-likeness (QED) is 0.358. The highest BCUT2D eigenvalue weighted by atomic mass is 16.6. The van der Waals surface area contributed by atoms with Gasteiger partial charge in [0.05, 0.1) is 11.7 Å². The second-order valence-corrected chi connectivity index (χ2v) is 6.66. The molecule has 1 saturated heterocycles. The van der Waals surface area contributed by atoms with Gasteiger partial charge in [-0.05, 0) is 31.4 Å². The number of rotatable bonds is 5. The summed E-state index contributed by atoms with van der Waals surface area (Å²) in [6, 6.07) is 12.9. The molecule has 0 N–H and O–H groups in total. The average molecular weight is 350 g/mol. The van der Waals surface area contributed by atoms with E-state index in [4.69, 9.17) is 9.47 Å². The number of fused-ring (bicyclic) bond motifs is 1. The lowest BCUT2D eigenvalue weighted by Gasteiger charge is -2.18. The normalized spacial score (nSPS) is 23.6. The van der Waals surface area contributed by atoms with Crippen LogP contribution in [-0.4, -0.2) is 36.4 Å². The fourth-order valence-electron chi connectivity index (χ4n) is 3.37. The molecule has 26 heavy (non-hydrogen) atoms. The van der Waals surface area contributed by atoms with Gasteiger partial charge in [0.15, 0.2) is 5.78 Å². The Hall–Kier alpha value is -2.79. The molecule has 1 aliphatic carbocycles. The SMILES string of the molecule is O=Cc1ccc(C(=O)c2ccc(C(=O)OC3CCCC4OC34)cc2)cc1. The summed E-state index contributed by atoms with van der Waals surface area (Å²) in [7, 11) is 0. The van der Waals surface area contributed by atoms with E-state index in [9.17, 15) is 14.4 Å². The Morgan fingerprint density at radius 2 is 1.54 bits per heavy atom. The second kappa shape index (κ2) is 6.84. The molecule has 0 bridgehead atoms. The van der Waals surface area contributed by atoms with Gasteiger partial charge in [0.25, 0.3) is 0 Å². The van der Waals surface area contributed by atoms with E-state index in [-0.39, 0.29) is 30.1 Å². The first kappa shape index (κ1) is 16.7. The van der Waals surface area contributed by atoms with Crippen LogP contribution in [0.5, 0.6) is 0 Å². The van der Waals surface area contributed by atoms with Gasteiger partial charge in [-0.1, -0.05) is 36.4 Å². The molecule has 5 heteroatoms. The van der Waals surface area contributed by atoms with Gasteiger partial charge in [-0.25, -0.2) is 4.79 Å². The molecule has 132 valence electrons. The Bertz CT molecular complexity index is 838. The van der Waals surface area contributed by atoms with Crippen molar-refractivity contribution in [2.75, 3.05) is 0 Å². The maximum atomic E-state index is 12.5. The highest BCUT2D eigenvalue weighted by Gasteiger charge is 2.49. The van der Waals surface area contributed by atoms with Crippen LogP contribution in [-0.2, 0) is 9.47 Å². The van der Waals surface area contributed by atoms with E-state index < -0.39 is 0 Å². The topological polar surface area (TPSA) is 73.0 Å². The summed E-state index contributed by atoms with van der Waals surface area (Å²) in [5.74, 6) is -0.552. The second-order valence-electron chi connectivity index (χ2n) is 6.66. The van der Waals surface area contributed by atoms with Gasteiger partial charge in [0, 0.05) is 16.7 Å². The molecule has 1 saturated carbocycles. The molecule has 5 nitrogen and oxygen atoms in total. The van der Waals surface area contributed by atoms with Crippen molar-refractivity contribution < 1.29 is 23.9 Å². The zero-order valence-corrected chi connectivity index (χ0v) is 14.1. The Morgan fingerprint density at radius 1 is 0.923 bits per heavy atom. The van der Waals surface area contributed by atoms with Gasteiger partial charge in [0.1, 0.15) is 18.5 Å². The maximum absolute atomic E-state index is 12.5. The number of benzene rings is 2. The van der Waals surface area contributed by atoms with Crippen LogP contribution in [0.15, 0.2) is 48.5 Å². The molecule has 1 heterocycles. The Kier molecular flexibility index (Phi) is 4.39. The first-order valence-corrected chi connectivity index (χ1v) is 8.72. The minimum Gasteiger partial charge on any atom is -0.456 e. The van der Waals surface area contributed by atoms with Crippen molar-refractivity contribution in [3.8, 4) is 0 Å². The van der Waals surface area contributed by atoms with E-state index >= 15 is 0 Å². The number of ketones is 1.